The summed E-state index contributed by atoms with van der Waals surface area (Å²) in [5.41, 5.74) is 0.319. The minimum Gasteiger partial charge on any atom is -0.460 e. The standard InChI is InChI=1S/C8H14O4.O2Si/c1-6(2)8(10)12-5-7(9)4-11-3;1-3-2/h7,9H,1,4-5H2,2-3H3;. The van der Waals surface area contributed by atoms with Crippen LogP contribution in [0.5, 0.6) is 0 Å². The van der Waals surface area contributed by atoms with Gasteiger partial charge < -0.3 is 14.6 Å². The van der Waals surface area contributed by atoms with E-state index in [4.69, 9.17) is 14.0 Å². The van der Waals surface area contributed by atoms with Crippen LogP contribution in [0.1, 0.15) is 6.92 Å². The van der Waals surface area contributed by atoms with Gasteiger partial charge in [-0.3, -0.25) is 8.92 Å². The lowest BCUT2D eigenvalue weighted by molar-refractivity contribution is -0.142. The van der Waals surface area contributed by atoms with Crippen molar-refractivity contribution in [1.29, 1.82) is 0 Å². The fourth-order valence-corrected chi connectivity index (χ4v) is 0.536. The predicted molar refractivity (Wildman–Crippen MR) is 50.8 cm³/mol. The van der Waals surface area contributed by atoms with Gasteiger partial charge in [-0.05, 0) is 6.92 Å². The molecule has 86 valence electrons. The van der Waals surface area contributed by atoms with E-state index in [0.717, 1.165) is 0 Å². The quantitative estimate of drug-likeness (QED) is 0.391. The Labute approximate surface area is 89.8 Å². The van der Waals surface area contributed by atoms with Gasteiger partial charge in [0, 0.05) is 12.7 Å². The summed E-state index contributed by atoms with van der Waals surface area (Å²) in [6, 6.07) is 0. The first-order valence-electron chi connectivity index (χ1n) is 3.98. The highest BCUT2D eigenvalue weighted by atomic mass is 28.2. The molecule has 0 spiro atoms. The molecule has 0 radical (unpaired) electrons. The van der Waals surface area contributed by atoms with Crippen LogP contribution in [-0.4, -0.2) is 46.8 Å². The van der Waals surface area contributed by atoms with E-state index in [2.05, 4.69) is 16.1 Å². The zero-order chi connectivity index (χ0) is 12.3. The van der Waals surface area contributed by atoms with E-state index >= 15 is 0 Å². The molecule has 0 aliphatic heterocycles. The third kappa shape index (κ3) is 12.9. The molecule has 0 aromatic carbocycles. The van der Waals surface area contributed by atoms with Crippen molar-refractivity contribution in [3.63, 3.8) is 0 Å². The number of hydrogen-bond acceptors (Lipinski definition) is 6. The van der Waals surface area contributed by atoms with Crippen LogP contribution in [0.4, 0.5) is 0 Å². The van der Waals surface area contributed by atoms with Crippen molar-refractivity contribution in [3.8, 4) is 0 Å². The zero-order valence-corrected chi connectivity index (χ0v) is 9.69. The molecule has 0 bridgehead atoms. The third-order valence-electron chi connectivity index (χ3n) is 1.11. The fraction of sp³-hybridized carbons (Fsp3) is 0.625. The Morgan fingerprint density at radius 3 is 2.27 bits per heavy atom. The normalized spacial score (nSPS) is 10.3. The monoisotopic (exact) mass is 234 g/mol. The van der Waals surface area contributed by atoms with Crippen LogP contribution in [0.2, 0.25) is 0 Å². The van der Waals surface area contributed by atoms with Crippen molar-refractivity contribution < 1.29 is 28.3 Å². The molecule has 7 heteroatoms. The summed E-state index contributed by atoms with van der Waals surface area (Å²) in [5.74, 6) is -0.495. The lowest BCUT2D eigenvalue weighted by Crippen LogP contribution is -2.23. The Kier molecular flexibility index (Phi) is 12.0. The van der Waals surface area contributed by atoms with E-state index in [1.165, 1.54) is 7.11 Å². The van der Waals surface area contributed by atoms with Gasteiger partial charge in [-0.25, -0.2) is 4.79 Å². The third-order valence-corrected chi connectivity index (χ3v) is 1.11. The van der Waals surface area contributed by atoms with Gasteiger partial charge in [0.05, 0.1) is 6.61 Å². The number of carbonyl (C=O) groups excluding carboxylic acids is 1. The second kappa shape index (κ2) is 11.0. The number of methoxy groups -OCH3 is 1. The van der Waals surface area contributed by atoms with Crippen molar-refractivity contribution in [2.24, 2.45) is 0 Å². The molecule has 0 heterocycles. The number of aliphatic hydroxyl groups excluding tert-OH is 1. The van der Waals surface area contributed by atoms with E-state index in [0.29, 0.717) is 5.57 Å². The van der Waals surface area contributed by atoms with Crippen molar-refractivity contribution in [2.45, 2.75) is 13.0 Å². The number of ether oxygens (including phenoxy) is 2. The molecule has 0 aliphatic rings. The molecule has 0 saturated carbocycles. The van der Waals surface area contributed by atoms with E-state index in [-0.39, 0.29) is 13.2 Å². The summed E-state index contributed by atoms with van der Waals surface area (Å²) in [7, 11) is 0.0454. The van der Waals surface area contributed by atoms with Gasteiger partial charge in [-0.2, -0.15) is 0 Å². The van der Waals surface area contributed by atoms with Crippen molar-refractivity contribution in [1.82, 2.24) is 0 Å². The average Bonchev–Trinajstić information content (AvgIpc) is 2.15. The Morgan fingerprint density at radius 1 is 1.47 bits per heavy atom. The first-order valence-corrected chi connectivity index (χ1v) is 4.80. The van der Waals surface area contributed by atoms with Gasteiger partial charge in [0.2, 0.25) is 0 Å². The molecule has 0 aromatic rings. The van der Waals surface area contributed by atoms with Crippen molar-refractivity contribution in [2.75, 3.05) is 20.3 Å². The highest BCUT2D eigenvalue weighted by molar-refractivity contribution is 5.94. The molecule has 1 unspecified atom stereocenters. The maximum absolute atomic E-state index is 10.8. The van der Waals surface area contributed by atoms with Gasteiger partial charge in [-0.15, -0.1) is 0 Å². The van der Waals surface area contributed by atoms with Crippen LogP contribution in [-0.2, 0) is 23.2 Å². The van der Waals surface area contributed by atoms with E-state index < -0.39 is 21.4 Å². The maximum Gasteiger partial charge on any atom is 0.549 e. The maximum atomic E-state index is 10.8. The smallest absolute Gasteiger partial charge is 0.460 e. The summed E-state index contributed by atoms with van der Waals surface area (Å²) < 4.78 is 26.1. The van der Waals surface area contributed by atoms with Crippen molar-refractivity contribution in [3.05, 3.63) is 12.2 Å². The summed E-state index contributed by atoms with van der Waals surface area (Å²) >= 11 is 0. The SMILES string of the molecule is C=C(C)C(=O)OCC(O)COC.O=[Si]=O. The molecule has 0 aliphatic carbocycles. The highest BCUT2D eigenvalue weighted by Crippen LogP contribution is 1.94. The Morgan fingerprint density at radius 2 is 1.93 bits per heavy atom. The minimum atomic E-state index is -1.42. The van der Waals surface area contributed by atoms with Crippen LogP contribution in [0, 0.1) is 0 Å². The van der Waals surface area contributed by atoms with Crippen LogP contribution in [0.25, 0.3) is 0 Å². The first-order chi connectivity index (χ1) is 6.99. The van der Waals surface area contributed by atoms with Gasteiger partial charge in [-0.1, -0.05) is 6.58 Å². The molecule has 0 aromatic heterocycles. The van der Waals surface area contributed by atoms with Gasteiger partial charge in [0.1, 0.15) is 12.7 Å². The van der Waals surface area contributed by atoms with E-state index in [1.54, 1.807) is 6.92 Å². The topological polar surface area (TPSA) is 89.9 Å². The Balaban J connectivity index is 0. The highest BCUT2D eigenvalue weighted by Gasteiger charge is 2.08. The number of carbonyl (C=O) groups is 1. The Hall–Kier alpha value is -1.05. The lowest BCUT2D eigenvalue weighted by atomic mass is 10.3. The number of hydrogen-bond donors (Lipinski definition) is 1. The van der Waals surface area contributed by atoms with E-state index in [1.807, 2.05) is 0 Å². The van der Waals surface area contributed by atoms with Crippen LogP contribution in [0.15, 0.2) is 12.2 Å². The van der Waals surface area contributed by atoms with Crippen LogP contribution < -0.4 is 0 Å². The molecule has 6 nitrogen and oxygen atoms in total. The minimum absolute atomic E-state index is 0.0560. The summed E-state index contributed by atoms with van der Waals surface area (Å²) in [6.45, 7) is 5.04. The van der Waals surface area contributed by atoms with Gasteiger partial charge in [0.25, 0.3) is 0 Å². The molecular weight excluding hydrogens is 220 g/mol. The zero-order valence-electron chi connectivity index (χ0n) is 8.69. The molecule has 0 rings (SSSR count). The first kappa shape index (κ1) is 16.4. The van der Waals surface area contributed by atoms with E-state index in [9.17, 15) is 4.79 Å². The molecule has 15 heavy (non-hydrogen) atoms. The summed E-state index contributed by atoms with van der Waals surface area (Å²) in [5, 5.41) is 9.05. The van der Waals surface area contributed by atoms with Gasteiger partial charge in [0.15, 0.2) is 0 Å². The van der Waals surface area contributed by atoms with Crippen LogP contribution >= 0.6 is 0 Å². The number of esters is 1. The number of rotatable bonds is 5. The summed E-state index contributed by atoms with van der Waals surface area (Å²) in [4.78, 5) is 10.8. The predicted octanol–water partition coefficient (Wildman–Crippen LogP) is -0.505. The molecule has 1 atom stereocenters. The average molecular weight is 234 g/mol. The lowest BCUT2D eigenvalue weighted by Gasteiger charge is -2.09. The largest absolute Gasteiger partial charge is 0.549 e. The molecule has 0 saturated heterocycles. The van der Waals surface area contributed by atoms with Crippen molar-refractivity contribution >= 4 is 15.3 Å². The molecular formula is C8H14O6Si. The second-order valence-electron chi connectivity index (χ2n) is 2.57. The van der Waals surface area contributed by atoms with Gasteiger partial charge >= 0.3 is 15.3 Å². The number of aliphatic hydroxyl groups is 1. The second-order valence-corrected chi connectivity index (χ2v) is 2.74. The Bertz CT molecular complexity index is 233. The fourth-order valence-electron chi connectivity index (χ4n) is 0.536. The molecule has 0 fully saturated rings. The van der Waals surface area contributed by atoms with Crippen LogP contribution in [0.3, 0.4) is 0 Å². The molecule has 1 N–H and O–H groups in total. The molecule has 0 amide bonds. The summed E-state index contributed by atoms with van der Waals surface area (Å²) in [6.07, 6.45) is -0.765.